The molecule has 2 aromatic rings. The van der Waals surface area contributed by atoms with Crippen molar-refractivity contribution < 1.29 is 14.3 Å². The van der Waals surface area contributed by atoms with Gasteiger partial charge in [-0.25, -0.2) is 0 Å². The summed E-state index contributed by atoms with van der Waals surface area (Å²) in [7, 11) is 0. The molecule has 0 fully saturated rings. The number of hydrogen-bond donors (Lipinski definition) is 1. The van der Waals surface area contributed by atoms with Crippen molar-refractivity contribution in [2.24, 2.45) is 0 Å². The van der Waals surface area contributed by atoms with E-state index < -0.39 is 0 Å². The molecule has 0 heterocycles. The minimum Gasteiger partial charge on any atom is -0.496 e. The molecule has 2 aromatic carbocycles. The van der Waals surface area contributed by atoms with Gasteiger partial charge in [-0.2, -0.15) is 0 Å². The maximum atomic E-state index is 12.6. The maximum absolute atomic E-state index is 12.6. The molecule has 0 aliphatic heterocycles. The highest BCUT2D eigenvalue weighted by atomic mass is 16.5. The van der Waals surface area contributed by atoms with Gasteiger partial charge in [-0.3, -0.25) is 9.59 Å². The maximum Gasteiger partial charge on any atom is 0.216 e. The van der Waals surface area contributed by atoms with Crippen LogP contribution in [0.25, 0.3) is 0 Å². The van der Waals surface area contributed by atoms with E-state index in [4.69, 9.17) is 4.74 Å². The predicted molar refractivity (Wildman–Crippen MR) is 98.5 cm³/mol. The second-order valence-electron chi connectivity index (χ2n) is 5.84. The molecular formula is C21H23NO3. The SMILES string of the molecule is C=C(OCCNC(C)=O)C(C)c1cccc(C(=O)c2ccccc2)c1. The van der Waals surface area contributed by atoms with Crippen LogP contribution >= 0.6 is 0 Å². The van der Waals surface area contributed by atoms with Crippen LogP contribution in [0.4, 0.5) is 0 Å². The normalized spacial score (nSPS) is 11.4. The Morgan fingerprint density at radius 2 is 1.76 bits per heavy atom. The third kappa shape index (κ3) is 5.31. The first-order chi connectivity index (χ1) is 12.0. The van der Waals surface area contributed by atoms with Crippen LogP contribution < -0.4 is 5.32 Å². The van der Waals surface area contributed by atoms with E-state index in [1.54, 1.807) is 0 Å². The van der Waals surface area contributed by atoms with Gasteiger partial charge < -0.3 is 10.1 Å². The highest BCUT2D eigenvalue weighted by Crippen LogP contribution is 2.25. The predicted octanol–water partition coefficient (Wildman–Crippen LogP) is 3.69. The number of carbonyl (C=O) groups excluding carboxylic acids is 2. The third-order valence-electron chi connectivity index (χ3n) is 3.93. The molecule has 1 N–H and O–H groups in total. The monoisotopic (exact) mass is 337 g/mol. The molecule has 4 nitrogen and oxygen atoms in total. The van der Waals surface area contributed by atoms with Gasteiger partial charge in [0.15, 0.2) is 5.78 Å². The molecule has 0 saturated carbocycles. The average Bonchev–Trinajstić information content (AvgIpc) is 2.64. The lowest BCUT2D eigenvalue weighted by Crippen LogP contribution is -2.24. The first-order valence-corrected chi connectivity index (χ1v) is 8.24. The topological polar surface area (TPSA) is 55.4 Å². The van der Waals surface area contributed by atoms with Crippen molar-refractivity contribution in [3.8, 4) is 0 Å². The van der Waals surface area contributed by atoms with Crippen molar-refractivity contribution in [1.29, 1.82) is 0 Å². The summed E-state index contributed by atoms with van der Waals surface area (Å²) in [5.41, 5.74) is 2.27. The molecule has 0 bridgehead atoms. The van der Waals surface area contributed by atoms with Crippen molar-refractivity contribution >= 4 is 11.7 Å². The lowest BCUT2D eigenvalue weighted by molar-refractivity contribution is -0.119. The Bertz CT molecular complexity index is 753. The molecule has 0 spiro atoms. The van der Waals surface area contributed by atoms with Crippen LogP contribution in [-0.2, 0) is 9.53 Å². The van der Waals surface area contributed by atoms with Crippen LogP contribution in [0.15, 0.2) is 66.9 Å². The van der Waals surface area contributed by atoms with Gasteiger partial charge >= 0.3 is 0 Å². The summed E-state index contributed by atoms with van der Waals surface area (Å²) in [6, 6.07) is 16.7. The van der Waals surface area contributed by atoms with Crippen LogP contribution in [0.5, 0.6) is 0 Å². The molecule has 2 rings (SSSR count). The number of hydrogen-bond acceptors (Lipinski definition) is 3. The van der Waals surface area contributed by atoms with Crippen molar-refractivity contribution in [2.75, 3.05) is 13.2 Å². The molecule has 1 unspecified atom stereocenters. The number of nitrogens with one attached hydrogen (secondary N) is 1. The van der Waals surface area contributed by atoms with Gasteiger partial charge in [0.25, 0.3) is 0 Å². The van der Waals surface area contributed by atoms with E-state index in [2.05, 4.69) is 11.9 Å². The van der Waals surface area contributed by atoms with E-state index in [-0.39, 0.29) is 17.6 Å². The van der Waals surface area contributed by atoms with Crippen molar-refractivity contribution in [3.63, 3.8) is 0 Å². The quantitative estimate of drug-likeness (QED) is 0.454. The second-order valence-corrected chi connectivity index (χ2v) is 5.84. The number of ether oxygens (including phenoxy) is 1. The van der Waals surface area contributed by atoms with E-state index in [0.29, 0.717) is 30.0 Å². The Hall–Kier alpha value is -2.88. The molecule has 25 heavy (non-hydrogen) atoms. The van der Waals surface area contributed by atoms with Gasteiger partial charge in [0.1, 0.15) is 6.61 Å². The van der Waals surface area contributed by atoms with Gasteiger partial charge in [0.05, 0.1) is 12.3 Å². The lowest BCUT2D eigenvalue weighted by Gasteiger charge is -2.17. The van der Waals surface area contributed by atoms with Gasteiger partial charge in [-0.15, -0.1) is 0 Å². The smallest absolute Gasteiger partial charge is 0.216 e. The van der Waals surface area contributed by atoms with Gasteiger partial charge in [0, 0.05) is 24.0 Å². The number of benzene rings is 2. The highest BCUT2D eigenvalue weighted by Gasteiger charge is 2.14. The summed E-state index contributed by atoms with van der Waals surface area (Å²) in [4.78, 5) is 23.4. The zero-order chi connectivity index (χ0) is 18.2. The Morgan fingerprint density at radius 3 is 2.44 bits per heavy atom. The standard InChI is InChI=1S/C21H23NO3/c1-15(16(2)25-13-12-22-17(3)23)19-10-7-11-20(14-19)21(24)18-8-5-4-6-9-18/h4-11,14-15H,2,12-13H2,1,3H3,(H,22,23). The molecule has 130 valence electrons. The number of allylic oxidation sites excluding steroid dienone is 1. The van der Waals surface area contributed by atoms with Gasteiger partial charge in [0.2, 0.25) is 5.91 Å². The molecule has 0 saturated heterocycles. The van der Waals surface area contributed by atoms with Gasteiger partial charge in [-0.1, -0.05) is 62.0 Å². The fourth-order valence-electron chi connectivity index (χ4n) is 2.43. The van der Waals surface area contributed by atoms with E-state index >= 15 is 0 Å². The number of amides is 1. The molecule has 4 heteroatoms. The lowest BCUT2D eigenvalue weighted by atomic mass is 9.95. The minimum absolute atomic E-state index is 0.00756. The number of carbonyl (C=O) groups is 2. The minimum atomic E-state index is -0.0885. The molecule has 0 aromatic heterocycles. The summed E-state index contributed by atoms with van der Waals surface area (Å²) in [6.07, 6.45) is 0. The zero-order valence-corrected chi connectivity index (χ0v) is 14.6. The van der Waals surface area contributed by atoms with Crippen LogP contribution in [0.2, 0.25) is 0 Å². The zero-order valence-electron chi connectivity index (χ0n) is 14.6. The fourth-order valence-corrected chi connectivity index (χ4v) is 2.43. The first-order valence-electron chi connectivity index (χ1n) is 8.24. The molecule has 0 aliphatic carbocycles. The van der Waals surface area contributed by atoms with Crippen LogP contribution in [0.3, 0.4) is 0 Å². The van der Waals surface area contributed by atoms with Crippen LogP contribution in [0.1, 0.15) is 41.3 Å². The summed E-state index contributed by atoms with van der Waals surface area (Å²) in [5.74, 6) is 0.455. The first kappa shape index (κ1) is 18.5. The molecule has 1 atom stereocenters. The van der Waals surface area contributed by atoms with Crippen molar-refractivity contribution in [2.45, 2.75) is 19.8 Å². The molecule has 1 amide bonds. The summed E-state index contributed by atoms with van der Waals surface area (Å²) < 4.78 is 5.60. The average molecular weight is 337 g/mol. The van der Waals surface area contributed by atoms with E-state index in [1.807, 2.05) is 61.5 Å². The Labute approximate surface area is 148 Å². The van der Waals surface area contributed by atoms with Crippen LogP contribution in [-0.4, -0.2) is 24.8 Å². The van der Waals surface area contributed by atoms with Gasteiger partial charge in [-0.05, 0) is 11.6 Å². The second kappa shape index (κ2) is 8.83. The fraction of sp³-hybridized carbons (Fsp3) is 0.238. The number of rotatable bonds is 8. The molecule has 0 radical (unpaired) electrons. The van der Waals surface area contributed by atoms with E-state index in [1.165, 1.54) is 6.92 Å². The highest BCUT2D eigenvalue weighted by molar-refractivity contribution is 6.09. The van der Waals surface area contributed by atoms with E-state index in [0.717, 1.165) is 5.56 Å². The van der Waals surface area contributed by atoms with E-state index in [9.17, 15) is 9.59 Å². The summed E-state index contributed by atoms with van der Waals surface area (Å²) >= 11 is 0. The third-order valence-corrected chi connectivity index (χ3v) is 3.93. The molecule has 0 aliphatic rings. The molecular weight excluding hydrogens is 314 g/mol. The van der Waals surface area contributed by atoms with Crippen molar-refractivity contribution in [3.05, 3.63) is 83.6 Å². The Morgan fingerprint density at radius 1 is 1.08 bits per heavy atom. The number of ketones is 1. The Balaban J connectivity index is 2.03. The van der Waals surface area contributed by atoms with Crippen molar-refractivity contribution in [1.82, 2.24) is 5.32 Å². The Kier molecular flexibility index (Phi) is 6.52. The summed E-state index contributed by atoms with van der Waals surface area (Å²) in [5, 5.41) is 2.67. The largest absolute Gasteiger partial charge is 0.496 e. The summed E-state index contributed by atoms with van der Waals surface area (Å²) in [6.45, 7) is 8.21. The van der Waals surface area contributed by atoms with Crippen LogP contribution in [0, 0.1) is 0 Å².